The number of aromatic hydroxyl groups is 1. The lowest BCUT2D eigenvalue weighted by molar-refractivity contribution is -0.137. The average molecular weight is 350 g/mol. The van der Waals surface area contributed by atoms with Gasteiger partial charge >= 0.3 is 6.18 Å². The van der Waals surface area contributed by atoms with Crippen LogP contribution < -0.4 is 5.32 Å². The molecule has 0 bridgehead atoms. The summed E-state index contributed by atoms with van der Waals surface area (Å²) in [4.78, 5) is 12.0. The molecule has 2 rings (SSSR count). The van der Waals surface area contributed by atoms with Gasteiger partial charge in [-0.3, -0.25) is 4.79 Å². The third-order valence-electron chi connectivity index (χ3n) is 2.75. The zero-order chi connectivity index (χ0) is 16.5. The molecule has 1 amide bonds. The maximum atomic E-state index is 12.4. The Morgan fingerprint density at radius 3 is 2.14 bits per heavy atom. The molecule has 0 aromatic heterocycles. The van der Waals surface area contributed by atoms with Gasteiger partial charge in [-0.1, -0.05) is 23.2 Å². The topological polar surface area (TPSA) is 49.3 Å². The molecule has 22 heavy (non-hydrogen) atoms. The number of phenolic OH excluding ortho intramolecular Hbond substituents is 1. The number of alkyl halides is 3. The molecule has 2 N–H and O–H groups in total. The van der Waals surface area contributed by atoms with Crippen LogP contribution in [0, 0.1) is 0 Å². The number of hydrogen-bond acceptors (Lipinski definition) is 2. The Bertz CT molecular complexity index is 715. The largest absolute Gasteiger partial charge is 0.507 e. The Balaban J connectivity index is 2.21. The number of rotatable bonds is 2. The molecule has 2 aromatic carbocycles. The van der Waals surface area contributed by atoms with E-state index in [4.69, 9.17) is 23.2 Å². The first-order chi connectivity index (χ1) is 10.2. The molecule has 0 radical (unpaired) electrons. The van der Waals surface area contributed by atoms with E-state index in [0.717, 1.165) is 30.3 Å². The van der Waals surface area contributed by atoms with Crippen molar-refractivity contribution in [2.75, 3.05) is 5.32 Å². The second-order valence-corrected chi connectivity index (χ2v) is 5.13. The number of anilines is 1. The number of benzene rings is 2. The summed E-state index contributed by atoms with van der Waals surface area (Å²) < 4.78 is 37.3. The zero-order valence-corrected chi connectivity index (χ0v) is 12.2. The van der Waals surface area contributed by atoms with E-state index in [-0.39, 0.29) is 27.0 Å². The predicted molar refractivity (Wildman–Crippen MR) is 77.5 cm³/mol. The van der Waals surface area contributed by atoms with Gasteiger partial charge < -0.3 is 10.4 Å². The van der Waals surface area contributed by atoms with Crippen molar-refractivity contribution in [3.05, 3.63) is 57.6 Å². The van der Waals surface area contributed by atoms with Gasteiger partial charge in [0, 0.05) is 11.8 Å². The van der Waals surface area contributed by atoms with Crippen LogP contribution in [0.3, 0.4) is 0 Å². The molecular weight excluding hydrogens is 342 g/mol. The van der Waals surface area contributed by atoms with Crippen LogP contribution in [-0.2, 0) is 6.18 Å². The minimum atomic E-state index is -4.45. The quantitative estimate of drug-likeness (QED) is 0.803. The fourth-order valence-electron chi connectivity index (χ4n) is 1.66. The zero-order valence-electron chi connectivity index (χ0n) is 10.7. The van der Waals surface area contributed by atoms with Crippen molar-refractivity contribution in [3.63, 3.8) is 0 Å². The van der Waals surface area contributed by atoms with Crippen LogP contribution in [0.5, 0.6) is 5.75 Å². The van der Waals surface area contributed by atoms with Gasteiger partial charge in [0.1, 0.15) is 5.75 Å². The first kappa shape index (κ1) is 16.5. The molecule has 0 unspecified atom stereocenters. The first-order valence-electron chi connectivity index (χ1n) is 5.85. The van der Waals surface area contributed by atoms with Crippen LogP contribution in [-0.4, -0.2) is 11.0 Å². The Morgan fingerprint density at radius 1 is 1.05 bits per heavy atom. The number of phenols is 1. The molecule has 0 saturated carbocycles. The van der Waals surface area contributed by atoms with Gasteiger partial charge in [-0.05, 0) is 30.3 Å². The molecule has 0 aliphatic heterocycles. The van der Waals surface area contributed by atoms with E-state index in [9.17, 15) is 23.1 Å². The van der Waals surface area contributed by atoms with Crippen molar-refractivity contribution in [2.45, 2.75) is 6.18 Å². The standard InChI is InChI=1S/C14H8Cl2F3NO2/c15-10-5-9(12(21)6-11(10)16)13(22)20-8-3-1-7(2-4-8)14(17,18)19/h1-6,21H,(H,20,22). The van der Waals surface area contributed by atoms with Gasteiger partial charge in [-0.2, -0.15) is 13.2 Å². The number of carbonyl (C=O) groups is 1. The van der Waals surface area contributed by atoms with E-state index in [1.54, 1.807) is 0 Å². The second kappa shape index (κ2) is 6.06. The summed E-state index contributed by atoms with van der Waals surface area (Å²) in [6.45, 7) is 0. The van der Waals surface area contributed by atoms with Gasteiger partial charge in [-0.25, -0.2) is 0 Å². The highest BCUT2D eigenvalue weighted by molar-refractivity contribution is 6.42. The lowest BCUT2D eigenvalue weighted by atomic mass is 10.1. The lowest BCUT2D eigenvalue weighted by Gasteiger charge is -2.10. The number of nitrogens with one attached hydrogen (secondary N) is 1. The SMILES string of the molecule is O=C(Nc1ccc(C(F)(F)F)cc1)c1cc(Cl)c(Cl)cc1O. The molecule has 0 spiro atoms. The van der Waals surface area contributed by atoms with Crippen LogP contribution in [0.25, 0.3) is 0 Å². The molecule has 2 aromatic rings. The van der Waals surface area contributed by atoms with Crippen LogP contribution in [0.2, 0.25) is 10.0 Å². The van der Waals surface area contributed by atoms with Crippen molar-refractivity contribution >= 4 is 34.8 Å². The van der Waals surface area contributed by atoms with Gasteiger partial charge in [0.25, 0.3) is 5.91 Å². The van der Waals surface area contributed by atoms with Crippen molar-refractivity contribution < 1.29 is 23.1 Å². The fourth-order valence-corrected chi connectivity index (χ4v) is 1.98. The van der Waals surface area contributed by atoms with Crippen molar-refractivity contribution in [2.24, 2.45) is 0 Å². The molecule has 116 valence electrons. The molecule has 0 atom stereocenters. The summed E-state index contributed by atoms with van der Waals surface area (Å²) in [6, 6.07) is 6.16. The Kier molecular flexibility index (Phi) is 4.53. The highest BCUT2D eigenvalue weighted by Gasteiger charge is 2.30. The smallest absolute Gasteiger partial charge is 0.416 e. The molecule has 0 fully saturated rings. The van der Waals surface area contributed by atoms with Gasteiger partial charge in [0.05, 0.1) is 21.2 Å². The minimum Gasteiger partial charge on any atom is -0.507 e. The number of carbonyl (C=O) groups excluding carboxylic acids is 1. The monoisotopic (exact) mass is 349 g/mol. The minimum absolute atomic E-state index is 0.0667. The highest BCUT2D eigenvalue weighted by Crippen LogP contribution is 2.31. The summed E-state index contributed by atoms with van der Waals surface area (Å²) >= 11 is 11.4. The molecule has 8 heteroatoms. The van der Waals surface area contributed by atoms with E-state index in [2.05, 4.69) is 5.32 Å². The van der Waals surface area contributed by atoms with E-state index in [1.165, 1.54) is 6.07 Å². The average Bonchev–Trinajstić information content (AvgIpc) is 2.42. The fraction of sp³-hybridized carbons (Fsp3) is 0.0714. The van der Waals surface area contributed by atoms with E-state index in [0.29, 0.717) is 0 Å². The Morgan fingerprint density at radius 2 is 1.59 bits per heavy atom. The lowest BCUT2D eigenvalue weighted by Crippen LogP contribution is -2.12. The van der Waals surface area contributed by atoms with E-state index >= 15 is 0 Å². The van der Waals surface area contributed by atoms with Crippen LogP contribution in [0.15, 0.2) is 36.4 Å². The molecule has 0 aliphatic carbocycles. The summed E-state index contributed by atoms with van der Waals surface area (Å²) in [7, 11) is 0. The number of amides is 1. The molecule has 0 saturated heterocycles. The van der Waals surface area contributed by atoms with E-state index in [1.807, 2.05) is 0 Å². The summed E-state index contributed by atoms with van der Waals surface area (Å²) in [5, 5.41) is 12.2. The molecule has 3 nitrogen and oxygen atoms in total. The van der Waals surface area contributed by atoms with Crippen molar-refractivity contribution in [1.82, 2.24) is 0 Å². The normalized spacial score (nSPS) is 11.3. The van der Waals surface area contributed by atoms with Gasteiger partial charge in [0.2, 0.25) is 0 Å². The third-order valence-corrected chi connectivity index (χ3v) is 3.48. The summed E-state index contributed by atoms with van der Waals surface area (Å²) in [5.74, 6) is -1.12. The Labute approximate surface area is 133 Å². The predicted octanol–water partition coefficient (Wildman–Crippen LogP) is 4.97. The second-order valence-electron chi connectivity index (χ2n) is 4.31. The number of halogens is 5. The molecule has 0 heterocycles. The van der Waals surface area contributed by atoms with Crippen molar-refractivity contribution in [3.8, 4) is 5.75 Å². The molecule has 0 aliphatic rings. The van der Waals surface area contributed by atoms with Crippen molar-refractivity contribution in [1.29, 1.82) is 0 Å². The summed E-state index contributed by atoms with van der Waals surface area (Å²) in [6.07, 6.45) is -4.45. The van der Waals surface area contributed by atoms with Gasteiger partial charge in [-0.15, -0.1) is 0 Å². The maximum Gasteiger partial charge on any atom is 0.416 e. The Hall–Kier alpha value is -1.92. The maximum absolute atomic E-state index is 12.4. The van der Waals surface area contributed by atoms with Crippen LogP contribution in [0.1, 0.15) is 15.9 Å². The number of hydrogen-bond donors (Lipinski definition) is 2. The van der Waals surface area contributed by atoms with Crippen LogP contribution >= 0.6 is 23.2 Å². The highest BCUT2D eigenvalue weighted by atomic mass is 35.5. The van der Waals surface area contributed by atoms with Gasteiger partial charge in [0.15, 0.2) is 0 Å². The van der Waals surface area contributed by atoms with Crippen LogP contribution in [0.4, 0.5) is 18.9 Å². The third kappa shape index (κ3) is 3.64. The van der Waals surface area contributed by atoms with E-state index < -0.39 is 17.6 Å². The molecular formula is C14H8Cl2F3NO2. The first-order valence-corrected chi connectivity index (χ1v) is 6.60. The summed E-state index contributed by atoms with van der Waals surface area (Å²) in [5.41, 5.74) is -0.833.